The topological polar surface area (TPSA) is 60.2 Å². The van der Waals surface area contributed by atoms with Crippen molar-refractivity contribution < 1.29 is 14.8 Å². The fourth-order valence-electron chi connectivity index (χ4n) is 1.85. The van der Waals surface area contributed by atoms with Crippen LogP contribution in [0.15, 0.2) is 29.4 Å². The number of hydrogen-bond acceptors (Lipinski definition) is 4. The monoisotopic (exact) mass is 247 g/mol. The van der Waals surface area contributed by atoms with Crippen LogP contribution in [0.4, 0.5) is 0 Å². The smallest absolute Gasteiger partial charge is 0.0964 e. The number of benzene rings is 1. The lowest BCUT2D eigenvalue weighted by atomic mass is 10.1. The molecule has 5 heteroatoms. The maximum atomic E-state index is 10.6. The number of piperazine rings is 1. The van der Waals surface area contributed by atoms with Crippen molar-refractivity contribution in [1.82, 2.24) is 5.01 Å². The lowest BCUT2D eigenvalue weighted by molar-refractivity contribution is -0.884. The number of likely N-dealkylation sites (N-methyl/N-ethyl adjacent to an activating group) is 1. The number of nitrogens with one attached hydrogen (secondary N) is 1. The quantitative estimate of drug-likeness (QED) is 0.642. The summed E-state index contributed by atoms with van der Waals surface area (Å²) in [5, 5.41) is 17.0. The average Bonchev–Trinajstić information content (AvgIpc) is 2.38. The minimum absolute atomic E-state index is 0.190. The molecule has 0 atom stereocenters. The SMILES string of the molecule is C[NH+]1CCN(/N=C\c2ccc(C(=O)[O-])cc2)CC1. The van der Waals surface area contributed by atoms with Gasteiger partial charge in [0.1, 0.15) is 0 Å². The molecule has 18 heavy (non-hydrogen) atoms. The van der Waals surface area contributed by atoms with Gasteiger partial charge in [0, 0.05) is 0 Å². The van der Waals surface area contributed by atoms with Gasteiger partial charge in [0.25, 0.3) is 0 Å². The number of hydrogen-bond donors (Lipinski definition) is 1. The van der Waals surface area contributed by atoms with Gasteiger partial charge in [-0.05, 0) is 11.1 Å². The van der Waals surface area contributed by atoms with Crippen molar-refractivity contribution in [3.63, 3.8) is 0 Å². The first-order valence-electron chi connectivity index (χ1n) is 6.07. The highest BCUT2D eigenvalue weighted by molar-refractivity contribution is 5.87. The van der Waals surface area contributed by atoms with Crippen molar-refractivity contribution in [3.8, 4) is 0 Å². The van der Waals surface area contributed by atoms with E-state index in [-0.39, 0.29) is 5.56 Å². The standard InChI is InChI=1S/C13H17N3O2/c1-15-6-8-16(9-7-15)14-10-11-2-4-12(5-3-11)13(17)18/h2-5,10H,6-9H2,1H3,(H,17,18)/b14-10-. The van der Waals surface area contributed by atoms with Crippen LogP contribution in [0.3, 0.4) is 0 Å². The number of hydrazone groups is 1. The molecule has 1 aromatic carbocycles. The van der Waals surface area contributed by atoms with Crippen LogP contribution in [0.1, 0.15) is 15.9 Å². The molecule has 0 aliphatic carbocycles. The average molecular weight is 247 g/mol. The number of aromatic carboxylic acids is 1. The molecule has 1 aliphatic rings. The van der Waals surface area contributed by atoms with E-state index in [0.29, 0.717) is 0 Å². The van der Waals surface area contributed by atoms with Crippen molar-refractivity contribution in [3.05, 3.63) is 35.4 Å². The number of nitrogens with zero attached hydrogens (tertiary/aromatic N) is 2. The zero-order valence-corrected chi connectivity index (χ0v) is 10.4. The Balaban J connectivity index is 1.94. The summed E-state index contributed by atoms with van der Waals surface area (Å²) in [6.07, 6.45) is 1.76. The van der Waals surface area contributed by atoms with Crippen LogP contribution < -0.4 is 10.0 Å². The first-order chi connectivity index (χ1) is 8.65. The minimum Gasteiger partial charge on any atom is -0.545 e. The van der Waals surface area contributed by atoms with E-state index in [2.05, 4.69) is 12.1 Å². The third-order valence-corrected chi connectivity index (χ3v) is 3.11. The molecule has 1 saturated heterocycles. The normalized spacial score (nSPS) is 17.3. The molecule has 0 saturated carbocycles. The van der Waals surface area contributed by atoms with Gasteiger partial charge in [0.05, 0.1) is 45.4 Å². The Kier molecular flexibility index (Phi) is 3.94. The Bertz CT molecular complexity index is 434. The molecule has 1 aliphatic heterocycles. The summed E-state index contributed by atoms with van der Waals surface area (Å²) in [4.78, 5) is 12.1. The summed E-state index contributed by atoms with van der Waals surface area (Å²) >= 11 is 0. The third kappa shape index (κ3) is 3.30. The second-order valence-electron chi connectivity index (χ2n) is 4.56. The molecule has 0 amide bonds. The largest absolute Gasteiger partial charge is 0.545 e. The van der Waals surface area contributed by atoms with Gasteiger partial charge in [-0.3, -0.25) is 5.01 Å². The van der Waals surface area contributed by atoms with Crippen molar-refractivity contribution in [1.29, 1.82) is 0 Å². The first-order valence-corrected chi connectivity index (χ1v) is 6.07. The molecule has 0 unspecified atom stereocenters. The lowest BCUT2D eigenvalue weighted by Crippen LogP contribution is -3.11. The zero-order chi connectivity index (χ0) is 13.0. The Morgan fingerprint density at radius 2 is 1.94 bits per heavy atom. The van der Waals surface area contributed by atoms with Crippen LogP contribution in [-0.4, -0.2) is 50.4 Å². The highest BCUT2D eigenvalue weighted by Crippen LogP contribution is 2.02. The van der Waals surface area contributed by atoms with Gasteiger partial charge < -0.3 is 14.8 Å². The summed E-state index contributed by atoms with van der Waals surface area (Å²) < 4.78 is 0. The molecule has 2 rings (SSSR count). The Hall–Kier alpha value is -1.88. The molecule has 1 fully saturated rings. The number of quaternary nitrogens is 1. The second kappa shape index (κ2) is 5.64. The molecule has 1 aromatic rings. The fraction of sp³-hybridized carbons (Fsp3) is 0.385. The molecule has 0 bridgehead atoms. The highest BCUT2D eigenvalue weighted by atomic mass is 16.4. The molecule has 96 valence electrons. The van der Waals surface area contributed by atoms with Gasteiger partial charge in [-0.25, -0.2) is 0 Å². The molecule has 0 spiro atoms. The van der Waals surface area contributed by atoms with Crippen LogP contribution in [0.5, 0.6) is 0 Å². The van der Waals surface area contributed by atoms with E-state index in [1.165, 1.54) is 17.0 Å². The van der Waals surface area contributed by atoms with Crippen molar-refractivity contribution in [2.24, 2.45) is 5.10 Å². The molecular weight excluding hydrogens is 230 g/mol. The number of carboxylic acid groups (broad SMARTS) is 1. The third-order valence-electron chi connectivity index (χ3n) is 3.11. The van der Waals surface area contributed by atoms with E-state index < -0.39 is 5.97 Å². The maximum absolute atomic E-state index is 10.6. The molecule has 0 aromatic heterocycles. The molecule has 5 nitrogen and oxygen atoms in total. The number of rotatable bonds is 3. The van der Waals surface area contributed by atoms with Gasteiger partial charge in [-0.2, -0.15) is 5.10 Å². The fourth-order valence-corrected chi connectivity index (χ4v) is 1.85. The predicted octanol–water partition coefficient (Wildman–Crippen LogP) is -1.79. The van der Waals surface area contributed by atoms with Crippen LogP contribution in [0, 0.1) is 0 Å². The van der Waals surface area contributed by atoms with Gasteiger partial charge in [0.15, 0.2) is 0 Å². The van der Waals surface area contributed by atoms with E-state index in [4.69, 9.17) is 0 Å². The molecule has 1 heterocycles. The second-order valence-corrected chi connectivity index (χ2v) is 4.56. The minimum atomic E-state index is -1.15. The Labute approximate surface area is 106 Å². The summed E-state index contributed by atoms with van der Waals surface area (Å²) in [6, 6.07) is 6.53. The van der Waals surface area contributed by atoms with E-state index in [1.54, 1.807) is 18.3 Å². The van der Waals surface area contributed by atoms with E-state index in [0.717, 1.165) is 31.7 Å². The van der Waals surface area contributed by atoms with E-state index in [9.17, 15) is 9.90 Å². The van der Waals surface area contributed by atoms with E-state index >= 15 is 0 Å². The van der Waals surface area contributed by atoms with Crippen LogP contribution >= 0.6 is 0 Å². The van der Waals surface area contributed by atoms with Crippen molar-refractivity contribution in [2.75, 3.05) is 33.2 Å². The van der Waals surface area contributed by atoms with Gasteiger partial charge in [-0.15, -0.1) is 0 Å². The maximum Gasteiger partial charge on any atom is 0.0964 e. The zero-order valence-electron chi connectivity index (χ0n) is 10.4. The molecule has 1 N–H and O–H groups in total. The summed E-state index contributed by atoms with van der Waals surface area (Å²) in [7, 11) is 2.18. The van der Waals surface area contributed by atoms with E-state index in [1.807, 2.05) is 5.01 Å². The highest BCUT2D eigenvalue weighted by Gasteiger charge is 2.13. The number of carbonyl (C=O) groups excluding carboxylic acids is 1. The van der Waals surface area contributed by atoms with Crippen molar-refractivity contribution in [2.45, 2.75) is 0 Å². The van der Waals surface area contributed by atoms with Gasteiger partial charge in [0.2, 0.25) is 0 Å². The van der Waals surface area contributed by atoms with Crippen LogP contribution in [0.25, 0.3) is 0 Å². The molecule has 0 radical (unpaired) electrons. The lowest BCUT2D eigenvalue weighted by Gasteiger charge is -2.27. The number of carboxylic acids is 1. The Morgan fingerprint density at radius 3 is 2.50 bits per heavy atom. The summed E-state index contributed by atoms with van der Waals surface area (Å²) in [5.74, 6) is -1.15. The van der Waals surface area contributed by atoms with Gasteiger partial charge >= 0.3 is 0 Å². The Morgan fingerprint density at radius 1 is 1.33 bits per heavy atom. The van der Waals surface area contributed by atoms with Crippen LogP contribution in [0.2, 0.25) is 0 Å². The van der Waals surface area contributed by atoms with Crippen molar-refractivity contribution >= 4 is 12.2 Å². The van der Waals surface area contributed by atoms with Crippen LogP contribution in [-0.2, 0) is 0 Å². The predicted molar refractivity (Wildman–Crippen MR) is 66.6 cm³/mol. The molecular formula is C13H17N3O2. The first kappa shape index (κ1) is 12.6. The number of carbonyl (C=O) groups is 1. The summed E-state index contributed by atoms with van der Waals surface area (Å²) in [5.41, 5.74) is 1.08. The summed E-state index contributed by atoms with van der Waals surface area (Å²) in [6.45, 7) is 4.11. The van der Waals surface area contributed by atoms with Gasteiger partial charge in [-0.1, -0.05) is 24.3 Å².